The van der Waals surface area contributed by atoms with E-state index in [9.17, 15) is 0 Å². The molecular formula is C7H19NO2Si. The van der Waals surface area contributed by atoms with E-state index in [0.29, 0.717) is 0 Å². The van der Waals surface area contributed by atoms with Gasteiger partial charge in [0.05, 0.1) is 0 Å². The lowest BCUT2D eigenvalue weighted by atomic mass is 10.5. The number of hydrogen-bond donors (Lipinski definition) is 1. The van der Waals surface area contributed by atoms with Crippen molar-refractivity contribution in [1.82, 2.24) is 0 Å². The zero-order valence-corrected chi connectivity index (χ0v) is 8.66. The van der Waals surface area contributed by atoms with Crippen LogP contribution in [0.2, 0.25) is 6.04 Å². The Bertz CT molecular complexity index is 74.8. The highest BCUT2D eigenvalue weighted by atomic mass is 28.3. The van der Waals surface area contributed by atoms with Crippen LogP contribution >= 0.6 is 0 Å². The third-order valence-electron chi connectivity index (χ3n) is 1.41. The molecule has 11 heavy (non-hydrogen) atoms. The maximum atomic E-state index is 5.50. The predicted octanol–water partition coefficient (Wildman–Crippen LogP) is 0.629. The Morgan fingerprint density at radius 3 is 2.64 bits per heavy atom. The molecule has 0 heterocycles. The maximum Gasteiger partial charge on any atom is 0.321 e. The molecule has 0 spiro atoms. The Morgan fingerprint density at radius 1 is 1.45 bits per heavy atom. The van der Waals surface area contributed by atoms with Gasteiger partial charge in [0, 0.05) is 13.7 Å². The first kappa shape index (κ1) is 11.1. The highest BCUT2D eigenvalue weighted by molar-refractivity contribution is 6.44. The lowest BCUT2D eigenvalue weighted by Crippen LogP contribution is -2.22. The number of nitrogens with two attached hydrogens (primary N) is 1. The van der Waals surface area contributed by atoms with E-state index in [1.54, 1.807) is 7.11 Å². The van der Waals surface area contributed by atoms with E-state index in [1.165, 1.54) is 0 Å². The van der Waals surface area contributed by atoms with Crippen LogP contribution < -0.4 is 5.73 Å². The summed E-state index contributed by atoms with van der Waals surface area (Å²) in [4.78, 5) is 0. The second-order valence-corrected chi connectivity index (χ2v) is 4.71. The molecule has 0 aliphatic heterocycles. The molecule has 0 fully saturated rings. The average molecular weight is 177 g/mol. The summed E-state index contributed by atoms with van der Waals surface area (Å²) in [5.74, 6) is 0. The third-order valence-corrected chi connectivity index (χ3v) is 3.43. The minimum Gasteiger partial charge on any atom is -0.400 e. The van der Waals surface area contributed by atoms with Gasteiger partial charge >= 0.3 is 9.28 Å². The fraction of sp³-hybridized carbons (Fsp3) is 1.00. The molecule has 0 saturated carbocycles. The van der Waals surface area contributed by atoms with Crippen LogP contribution in [-0.4, -0.2) is 29.5 Å². The lowest BCUT2D eigenvalue weighted by molar-refractivity contribution is 0.228. The Labute approximate surface area is 70.7 Å². The molecule has 4 heteroatoms. The largest absolute Gasteiger partial charge is 0.400 e. The molecule has 0 radical (unpaired) electrons. The van der Waals surface area contributed by atoms with Crippen LogP contribution in [0.5, 0.6) is 0 Å². The molecule has 3 nitrogen and oxygen atoms in total. The summed E-state index contributed by atoms with van der Waals surface area (Å²) in [7, 11) is 0.397. The molecule has 1 unspecified atom stereocenters. The third kappa shape index (κ3) is 6.49. The van der Waals surface area contributed by atoms with Crippen molar-refractivity contribution in [2.45, 2.75) is 25.8 Å². The molecule has 0 aromatic carbocycles. The summed E-state index contributed by atoms with van der Waals surface area (Å²) in [6, 6.07) is 1.03. The molecule has 0 bridgehead atoms. The molecule has 2 N–H and O–H groups in total. The molecule has 68 valence electrons. The highest BCUT2D eigenvalue weighted by Gasteiger charge is 2.09. The molecule has 1 atom stereocenters. The molecule has 0 aliphatic rings. The Balaban J connectivity index is 3.25. The fourth-order valence-corrected chi connectivity index (χ4v) is 2.41. The highest BCUT2D eigenvalue weighted by Crippen LogP contribution is 1.99. The summed E-state index contributed by atoms with van der Waals surface area (Å²) in [6.07, 6.45) is 2.09. The van der Waals surface area contributed by atoms with Gasteiger partial charge in [-0.3, -0.25) is 0 Å². The quantitative estimate of drug-likeness (QED) is 0.580. The van der Waals surface area contributed by atoms with E-state index >= 15 is 0 Å². The maximum absolute atomic E-state index is 5.50. The second kappa shape index (κ2) is 8.20. The molecule has 0 aromatic heterocycles. The van der Waals surface area contributed by atoms with Crippen LogP contribution in [0.1, 0.15) is 19.8 Å². The first-order valence-electron chi connectivity index (χ1n) is 4.19. The van der Waals surface area contributed by atoms with E-state index in [-0.39, 0.29) is 0 Å². The van der Waals surface area contributed by atoms with E-state index in [1.807, 2.05) is 0 Å². The summed E-state index contributed by atoms with van der Waals surface area (Å²) in [5, 5.41) is 0. The number of hydrogen-bond acceptors (Lipinski definition) is 3. The van der Waals surface area contributed by atoms with E-state index in [4.69, 9.17) is 14.6 Å². The molecular weight excluding hydrogens is 158 g/mol. The average Bonchev–Trinajstić information content (AvgIpc) is 2.05. The number of rotatable bonds is 7. The minimum atomic E-state index is -1.33. The zero-order valence-electron chi connectivity index (χ0n) is 7.51. The van der Waals surface area contributed by atoms with Crippen LogP contribution in [0.4, 0.5) is 0 Å². The standard InChI is InChI=1S/C7H19NO2Si/c1-3-6-10-11(9-2)7-4-5-8/h11H,3-8H2,1-2H3. The van der Waals surface area contributed by atoms with Crippen molar-refractivity contribution in [3.05, 3.63) is 0 Å². The van der Waals surface area contributed by atoms with Gasteiger partial charge in [-0.05, 0) is 25.4 Å². The summed E-state index contributed by atoms with van der Waals surface area (Å²) in [6.45, 7) is 3.67. The normalized spacial score (nSPS) is 13.4. The molecule has 0 saturated heterocycles. The van der Waals surface area contributed by atoms with Crippen molar-refractivity contribution in [3.63, 3.8) is 0 Å². The smallest absolute Gasteiger partial charge is 0.321 e. The predicted molar refractivity (Wildman–Crippen MR) is 48.9 cm³/mol. The molecule has 0 aliphatic carbocycles. The fourth-order valence-electron chi connectivity index (χ4n) is 0.803. The topological polar surface area (TPSA) is 44.5 Å². The molecule has 0 aromatic rings. The monoisotopic (exact) mass is 177 g/mol. The lowest BCUT2D eigenvalue weighted by Gasteiger charge is -2.12. The van der Waals surface area contributed by atoms with Crippen LogP contribution in [0.25, 0.3) is 0 Å². The van der Waals surface area contributed by atoms with Gasteiger partial charge in [0.15, 0.2) is 0 Å². The van der Waals surface area contributed by atoms with Crippen molar-refractivity contribution in [1.29, 1.82) is 0 Å². The Hall–Kier alpha value is 0.0969. The Morgan fingerprint density at radius 2 is 2.18 bits per heavy atom. The van der Waals surface area contributed by atoms with Gasteiger partial charge in [0.2, 0.25) is 0 Å². The van der Waals surface area contributed by atoms with Crippen molar-refractivity contribution < 1.29 is 8.85 Å². The first-order valence-corrected chi connectivity index (χ1v) is 5.95. The van der Waals surface area contributed by atoms with Gasteiger partial charge in [-0.2, -0.15) is 0 Å². The first-order chi connectivity index (χ1) is 5.35. The van der Waals surface area contributed by atoms with Crippen LogP contribution in [0, 0.1) is 0 Å². The zero-order chi connectivity index (χ0) is 8.53. The Kier molecular flexibility index (Phi) is 8.27. The van der Waals surface area contributed by atoms with Crippen molar-refractivity contribution in [2.75, 3.05) is 20.3 Å². The van der Waals surface area contributed by atoms with Crippen molar-refractivity contribution >= 4 is 9.28 Å². The second-order valence-electron chi connectivity index (χ2n) is 2.47. The molecule has 0 rings (SSSR count). The van der Waals surface area contributed by atoms with E-state index in [2.05, 4.69) is 6.92 Å². The van der Waals surface area contributed by atoms with Crippen LogP contribution in [0.3, 0.4) is 0 Å². The van der Waals surface area contributed by atoms with Crippen molar-refractivity contribution in [2.24, 2.45) is 5.73 Å². The summed E-state index contributed by atoms with van der Waals surface area (Å²) < 4.78 is 10.7. The summed E-state index contributed by atoms with van der Waals surface area (Å²) >= 11 is 0. The van der Waals surface area contributed by atoms with Crippen LogP contribution in [-0.2, 0) is 8.85 Å². The van der Waals surface area contributed by atoms with Gasteiger partial charge in [0.1, 0.15) is 0 Å². The van der Waals surface area contributed by atoms with Crippen molar-refractivity contribution in [3.8, 4) is 0 Å². The molecule has 0 amide bonds. The van der Waals surface area contributed by atoms with Gasteiger partial charge in [-0.25, -0.2) is 0 Å². The van der Waals surface area contributed by atoms with Gasteiger partial charge < -0.3 is 14.6 Å². The van der Waals surface area contributed by atoms with E-state index in [0.717, 1.165) is 32.0 Å². The minimum absolute atomic E-state index is 0.738. The van der Waals surface area contributed by atoms with Gasteiger partial charge in [0.25, 0.3) is 0 Å². The SMILES string of the molecule is CCCO[SiH](CCCN)OC. The van der Waals surface area contributed by atoms with Gasteiger partial charge in [-0.1, -0.05) is 6.92 Å². The summed E-state index contributed by atoms with van der Waals surface area (Å²) in [5.41, 5.74) is 5.37. The van der Waals surface area contributed by atoms with E-state index < -0.39 is 9.28 Å². The van der Waals surface area contributed by atoms with Crippen LogP contribution in [0.15, 0.2) is 0 Å². The van der Waals surface area contributed by atoms with Gasteiger partial charge in [-0.15, -0.1) is 0 Å².